The number of hydrogen-bond donors (Lipinski definition) is 1. The largest absolute Gasteiger partial charge is 0.497 e. The van der Waals surface area contributed by atoms with E-state index >= 15 is 0 Å². The number of fused-ring (bicyclic) bond motifs is 1. The summed E-state index contributed by atoms with van der Waals surface area (Å²) in [5.74, 6) is 2.97. The van der Waals surface area contributed by atoms with Crippen LogP contribution in [0.5, 0.6) is 11.5 Å². The van der Waals surface area contributed by atoms with Crippen LogP contribution in [-0.4, -0.2) is 23.7 Å². The molecule has 1 aromatic carbocycles. The van der Waals surface area contributed by atoms with Crippen LogP contribution in [0, 0.1) is 0 Å². The summed E-state index contributed by atoms with van der Waals surface area (Å²) in [6, 6.07) is 6.03. The second-order valence-electron chi connectivity index (χ2n) is 5.50. The summed E-state index contributed by atoms with van der Waals surface area (Å²) in [5, 5.41) is 0.492. The second kappa shape index (κ2) is 4.91. The maximum atomic E-state index is 6.40. The Morgan fingerprint density at radius 3 is 3.05 bits per heavy atom. The van der Waals surface area contributed by atoms with Gasteiger partial charge in [0.05, 0.1) is 7.11 Å². The van der Waals surface area contributed by atoms with E-state index in [0.29, 0.717) is 5.25 Å². The van der Waals surface area contributed by atoms with Gasteiger partial charge in [-0.1, -0.05) is 6.07 Å². The number of thioether (sulfide) groups is 1. The first-order valence-corrected chi connectivity index (χ1v) is 7.94. The number of hydrogen-bond acceptors (Lipinski definition) is 4. The quantitative estimate of drug-likeness (QED) is 0.858. The average Bonchev–Trinajstić information content (AvgIpc) is 2.41. The van der Waals surface area contributed by atoms with Crippen LogP contribution < -0.4 is 15.2 Å². The lowest BCUT2D eigenvalue weighted by molar-refractivity contribution is 0.0253. The van der Waals surface area contributed by atoms with Crippen LogP contribution >= 0.6 is 11.8 Å². The molecule has 2 aliphatic heterocycles. The predicted octanol–water partition coefficient (Wildman–Crippen LogP) is 3.13. The summed E-state index contributed by atoms with van der Waals surface area (Å²) in [6.07, 6.45) is 3.23. The van der Waals surface area contributed by atoms with Crippen molar-refractivity contribution >= 4 is 11.8 Å². The zero-order chi connectivity index (χ0) is 13.5. The van der Waals surface area contributed by atoms with Gasteiger partial charge in [-0.25, -0.2) is 0 Å². The number of rotatable bonds is 1. The molecule has 2 unspecified atom stereocenters. The van der Waals surface area contributed by atoms with Crippen molar-refractivity contribution < 1.29 is 9.47 Å². The lowest BCUT2D eigenvalue weighted by Crippen LogP contribution is -2.51. The molecule has 104 valence electrons. The molecule has 2 aliphatic rings. The molecular weight excluding hydrogens is 258 g/mol. The third kappa shape index (κ3) is 2.21. The van der Waals surface area contributed by atoms with E-state index in [4.69, 9.17) is 15.2 Å². The Morgan fingerprint density at radius 2 is 2.32 bits per heavy atom. The molecule has 0 aliphatic carbocycles. The summed E-state index contributed by atoms with van der Waals surface area (Å²) >= 11 is 2.00. The molecule has 0 saturated carbocycles. The zero-order valence-electron chi connectivity index (χ0n) is 11.5. The topological polar surface area (TPSA) is 44.5 Å². The Labute approximate surface area is 118 Å². The predicted molar refractivity (Wildman–Crippen MR) is 79.1 cm³/mol. The number of nitrogens with two attached hydrogens (primary N) is 1. The first-order valence-electron chi connectivity index (χ1n) is 6.89. The minimum Gasteiger partial charge on any atom is -0.497 e. The van der Waals surface area contributed by atoms with E-state index in [9.17, 15) is 0 Å². The van der Waals surface area contributed by atoms with E-state index in [1.807, 2.05) is 30.0 Å². The summed E-state index contributed by atoms with van der Waals surface area (Å²) in [6.45, 7) is 2.27. The van der Waals surface area contributed by atoms with Gasteiger partial charge in [0.25, 0.3) is 0 Å². The third-order valence-electron chi connectivity index (χ3n) is 4.35. The Hall–Kier alpha value is -0.870. The smallest absolute Gasteiger partial charge is 0.128 e. The minimum absolute atomic E-state index is 0.0656. The Kier molecular flexibility index (Phi) is 3.39. The van der Waals surface area contributed by atoms with Gasteiger partial charge in [-0.15, -0.1) is 0 Å². The highest BCUT2D eigenvalue weighted by atomic mass is 32.2. The molecule has 1 fully saturated rings. The molecule has 3 nitrogen and oxygen atoms in total. The van der Waals surface area contributed by atoms with Gasteiger partial charge in [-0.3, -0.25) is 0 Å². The molecule has 1 aromatic rings. The minimum atomic E-state index is -0.0955. The van der Waals surface area contributed by atoms with E-state index in [1.54, 1.807) is 7.11 Å². The summed E-state index contributed by atoms with van der Waals surface area (Å²) in [4.78, 5) is 0. The molecular formula is C15H21NO2S. The van der Waals surface area contributed by atoms with Crippen molar-refractivity contribution in [1.29, 1.82) is 0 Å². The fourth-order valence-electron chi connectivity index (χ4n) is 3.17. The number of benzene rings is 1. The van der Waals surface area contributed by atoms with Crippen molar-refractivity contribution in [3.05, 3.63) is 23.8 Å². The van der Waals surface area contributed by atoms with Crippen molar-refractivity contribution in [2.24, 2.45) is 5.73 Å². The van der Waals surface area contributed by atoms with Crippen LogP contribution in [0.25, 0.3) is 0 Å². The summed E-state index contributed by atoms with van der Waals surface area (Å²) in [7, 11) is 1.68. The molecule has 3 rings (SSSR count). The fourth-order valence-corrected chi connectivity index (χ4v) is 4.40. The van der Waals surface area contributed by atoms with Crippen molar-refractivity contribution in [3.63, 3.8) is 0 Å². The highest BCUT2D eigenvalue weighted by Crippen LogP contribution is 2.48. The van der Waals surface area contributed by atoms with Gasteiger partial charge in [0.2, 0.25) is 0 Å². The van der Waals surface area contributed by atoms with E-state index in [1.165, 1.54) is 12.2 Å². The molecule has 0 aromatic heterocycles. The number of methoxy groups -OCH3 is 1. The van der Waals surface area contributed by atoms with Gasteiger partial charge in [-0.2, -0.15) is 11.8 Å². The normalized spacial score (nSPS) is 33.6. The van der Waals surface area contributed by atoms with Crippen LogP contribution in [-0.2, 0) is 0 Å². The van der Waals surface area contributed by atoms with Crippen LogP contribution in [0.15, 0.2) is 18.2 Å². The molecule has 2 N–H and O–H groups in total. The lowest BCUT2D eigenvalue weighted by atomic mass is 9.82. The number of ether oxygens (including phenoxy) is 2. The maximum absolute atomic E-state index is 6.40. The molecule has 1 saturated heterocycles. The van der Waals surface area contributed by atoms with E-state index in [2.05, 4.69) is 6.92 Å². The Bertz CT molecular complexity index is 479. The zero-order valence-corrected chi connectivity index (χ0v) is 12.3. The first-order chi connectivity index (χ1) is 9.14. The maximum Gasteiger partial charge on any atom is 0.128 e. The van der Waals surface area contributed by atoms with Gasteiger partial charge < -0.3 is 15.2 Å². The van der Waals surface area contributed by atoms with E-state index < -0.39 is 0 Å². The van der Waals surface area contributed by atoms with Gasteiger partial charge in [0, 0.05) is 29.3 Å². The monoisotopic (exact) mass is 279 g/mol. The van der Waals surface area contributed by atoms with E-state index in [-0.39, 0.29) is 11.6 Å². The molecule has 1 spiro atoms. The van der Waals surface area contributed by atoms with Gasteiger partial charge in [0.1, 0.15) is 17.1 Å². The first kappa shape index (κ1) is 13.1. The van der Waals surface area contributed by atoms with Crippen molar-refractivity contribution in [2.75, 3.05) is 12.9 Å². The average molecular weight is 279 g/mol. The Balaban J connectivity index is 1.97. The fraction of sp³-hybridized carbons (Fsp3) is 0.600. The van der Waals surface area contributed by atoms with Crippen molar-refractivity contribution in [1.82, 2.24) is 0 Å². The molecule has 0 radical (unpaired) electrons. The molecule has 2 heterocycles. The van der Waals surface area contributed by atoms with Gasteiger partial charge >= 0.3 is 0 Å². The lowest BCUT2D eigenvalue weighted by Gasteiger charge is -2.47. The van der Waals surface area contributed by atoms with Crippen LogP contribution in [0.3, 0.4) is 0 Å². The summed E-state index contributed by atoms with van der Waals surface area (Å²) in [5.41, 5.74) is 7.39. The molecule has 19 heavy (non-hydrogen) atoms. The standard InChI is InChI=1S/C15H21NO2S/c1-10-15(6-3-7-19-10)9-13(16)12-5-4-11(17-2)8-14(12)18-15/h4-5,8,10,13H,3,6-7,9,16H2,1-2H3/t10?,13-,15?/m1/s1. The highest BCUT2D eigenvalue weighted by molar-refractivity contribution is 8.00. The SMILES string of the molecule is COc1ccc2c(c1)OC1(CCCSC1C)C[C@H]2N. The van der Waals surface area contributed by atoms with E-state index in [0.717, 1.165) is 29.9 Å². The van der Waals surface area contributed by atoms with Crippen LogP contribution in [0.2, 0.25) is 0 Å². The van der Waals surface area contributed by atoms with Crippen molar-refractivity contribution in [3.8, 4) is 11.5 Å². The third-order valence-corrected chi connectivity index (χ3v) is 5.81. The molecule has 0 bridgehead atoms. The van der Waals surface area contributed by atoms with Gasteiger partial charge in [0.15, 0.2) is 0 Å². The molecule has 0 amide bonds. The molecule has 3 atom stereocenters. The van der Waals surface area contributed by atoms with Crippen molar-refractivity contribution in [2.45, 2.75) is 43.1 Å². The van der Waals surface area contributed by atoms with Crippen LogP contribution in [0.4, 0.5) is 0 Å². The van der Waals surface area contributed by atoms with Crippen LogP contribution in [0.1, 0.15) is 37.8 Å². The highest BCUT2D eigenvalue weighted by Gasteiger charge is 2.45. The second-order valence-corrected chi connectivity index (χ2v) is 6.95. The summed E-state index contributed by atoms with van der Waals surface area (Å²) < 4.78 is 11.7. The molecule has 4 heteroatoms. The Morgan fingerprint density at radius 1 is 1.47 bits per heavy atom. The van der Waals surface area contributed by atoms with Gasteiger partial charge in [-0.05, 0) is 31.6 Å².